The molecule has 7 nitrogen and oxygen atoms in total. The van der Waals surface area contributed by atoms with E-state index in [0.717, 1.165) is 11.6 Å². The first-order valence-electron chi connectivity index (χ1n) is 12.6. The summed E-state index contributed by atoms with van der Waals surface area (Å²) in [6.07, 6.45) is -2.92. The minimum absolute atomic E-state index is 0.242. The van der Waals surface area contributed by atoms with E-state index in [4.69, 9.17) is 0 Å². The van der Waals surface area contributed by atoms with Gasteiger partial charge in [-0.05, 0) is 29.8 Å². The van der Waals surface area contributed by atoms with Crippen LogP contribution in [0.3, 0.4) is 0 Å². The highest BCUT2D eigenvalue weighted by Gasteiger charge is 2.34. The molecule has 4 aromatic rings. The number of anilines is 2. The van der Waals surface area contributed by atoms with Crippen LogP contribution in [0.4, 0.5) is 29.3 Å². The molecule has 1 saturated heterocycles. The van der Waals surface area contributed by atoms with Gasteiger partial charge in [-0.15, -0.1) is 11.8 Å². The van der Waals surface area contributed by atoms with Gasteiger partial charge in [0.05, 0.1) is 28.8 Å². The molecule has 0 unspecified atom stereocenters. The fraction of sp³-hybridized carbons (Fsp3) is 0.207. The Balaban J connectivity index is 1.34. The summed E-state index contributed by atoms with van der Waals surface area (Å²) in [5.74, 6) is 0.586. The molecule has 1 aromatic heterocycles. The van der Waals surface area contributed by atoms with Crippen LogP contribution < -0.4 is 15.8 Å². The number of aromatic nitrogens is 2. The summed E-state index contributed by atoms with van der Waals surface area (Å²) in [5, 5.41) is 6.84. The van der Waals surface area contributed by atoms with Crippen LogP contribution in [0.1, 0.15) is 11.1 Å². The van der Waals surface area contributed by atoms with Crippen LogP contribution >= 0.6 is 11.8 Å². The molecule has 0 aliphatic carbocycles. The van der Waals surface area contributed by atoms with Gasteiger partial charge in [0.15, 0.2) is 0 Å². The van der Waals surface area contributed by atoms with Gasteiger partial charge in [0.25, 0.3) is 5.56 Å². The molecule has 0 spiro atoms. The van der Waals surface area contributed by atoms with Crippen molar-refractivity contribution in [2.75, 3.05) is 36.4 Å². The van der Waals surface area contributed by atoms with Gasteiger partial charge in [-0.2, -0.15) is 23.0 Å². The molecule has 1 fully saturated rings. The number of carbonyl (C=O) groups excluding carboxylic acids is 1. The van der Waals surface area contributed by atoms with Crippen LogP contribution in [0.5, 0.6) is 0 Å². The number of benzene rings is 3. The Morgan fingerprint density at radius 3 is 2.17 bits per heavy atom. The molecule has 3 aromatic carbocycles. The second-order valence-electron chi connectivity index (χ2n) is 9.13. The zero-order chi connectivity index (χ0) is 28.1. The summed E-state index contributed by atoms with van der Waals surface area (Å²) in [7, 11) is 0. The molecule has 5 rings (SSSR count). The molecule has 2 heterocycles. The predicted octanol–water partition coefficient (Wildman–Crippen LogP) is 5.90. The number of piperazine rings is 1. The van der Waals surface area contributed by atoms with Gasteiger partial charge >= 0.3 is 12.2 Å². The van der Waals surface area contributed by atoms with Gasteiger partial charge in [-0.3, -0.25) is 4.79 Å². The van der Waals surface area contributed by atoms with Crippen LogP contribution in [0.25, 0.3) is 5.69 Å². The normalized spacial score (nSPS) is 13.8. The van der Waals surface area contributed by atoms with Crippen molar-refractivity contribution in [1.29, 1.82) is 0 Å². The maximum Gasteiger partial charge on any atom is 0.418 e. The van der Waals surface area contributed by atoms with Crippen molar-refractivity contribution in [3.8, 4) is 5.69 Å². The summed E-state index contributed by atoms with van der Waals surface area (Å²) < 4.78 is 41.4. The Morgan fingerprint density at radius 2 is 1.50 bits per heavy atom. The highest BCUT2D eigenvalue weighted by molar-refractivity contribution is 7.98. The van der Waals surface area contributed by atoms with E-state index in [1.165, 1.54) is 39.5 Å². The fourth-order valence-electron chi connectivity index (χ4n) is 4.46. The smallest absolute Gasteiger partial charge is 0.366 e. The SMILES string of the molecule is O=C(Nc1ccccc1C(F)(F)F)N1CCN(c2cnn(-c3ccccc3)c(=O)c2SCc2ccccc2)CC1. The van der Waals surface area contributed by atoms with Gasteiger partial charge in [-0.1, -0.05) is 60.7 Å². The van der Waals surface area contributed by atoms with Crippen LogP contribution in [-0.2, 0) is 11.9 Å². The highest BCUT2D eigenvalue weighted by atomic mass is 32.2. The van der Waals surface area contributed by atoms with E-state index in [2.05, 4.69) is 10.4 Å². The Labute approximate surface area is 233 Å². The number of thioether (sulfide) groups is 1. The molecule has 11 heteroatoms. The van der Waals surface area contributed by atoms with Crippen molar-refractivity contribution < 1.29 is 18.0 Å². The predicted molar refractivity (Wildman–Crippen MR) is 150 cm³/mol. The number of hydrogen-bond donors (Lipinski definition) is 1. The molecule has 40 heavy (non-hydrogen) atoms. The van der Waals surface area contributed by atoms with Gasteiger partial charge < -0.3 is 15.1 Å². The van der Waals surface area contributed by atoms with E-state index in [-0.39, 0.29) is 24.3 Å². The quantitative estimate of drug-likeness (QED) is 0.295. The minimum atomic E-state index is -4.58. The molecule has 206 valence electrons. The highest BCUT2D eigenvalue weighted by Crippen LogP contribution is 2.35. The minimum Gasteiger partial charge on any atom is -0.366 e. The molecule has 0 bridgehead atoms. The zero-order valence-electron chi connectivity index (χ0n) is 21.3. The van der Waals surface area contributed by atoms with Crippen LogP contribution in [-0.4, -0.2) is 46.9 Å². The van der Waals surface area contributed by atoms with E-state index in [9.17, 15) is 22.8 Å². The van der Waals surface area contributed by atoms with Gasteiger partial charge in [0.2, 0.25) is 0 Å². The van der Waals surface area contributed by atoms with E-state index in [0.29, 0.717) is 35.1 Å². The number of nitrogens with one attached hydrogen (secondary N) is 1. The molecule has 2 amide bonds. The number of para-hydroxylation sites is 2. The second-order valence-corrected chi connectivity index (χ2v) is 10.1. The second kappa shape index (κ2) is 11.9. The maximum absolute atomic E-state index is 13.6. The molecule has 1 N–H and O–H groups in total. The van der Waals surface area contributed by atoms with E-state index in [1.54, 1.807) is 6.20 Å². The number of hydrogen-bond acceptors (Lipinski definition) is 5. The average molecular weight is 566 g/mol. The average Bonchev–Trinajstić information content (AvgIpc) is 2.97. The number of alkyl halides is 3. The standard InChI is InChI=1S/C29H26F3N5O2S/c30-29(31,32)23-13-7-8-14-24(23)34-28(39)36-17-15-35(16-18-36)25-19-33-37(22-11-5-2-6-12-22)27(38)26(25)40-20-21-9-3-1-4-10-21/h1-14,19H,15-18,20H2,(H,34,39). The van der Waals surface area contributed by atoms with Crippen LogP contribution in [0, 0.1) is 0 Å². The van der Waals surface area contributed by atoms with Gasteiger partial charge in [-0.25, -0.2) is 4.79 Å². The molecule has 1 aliphatic heterocycles. The van der Waals surface area contributed by atoms with Crippen molar-refractivity contribution in [3.05, 3.63) is 113 Å². The number of rotatable bonds is 6. The lowest BCUT2D eigenvalue weighted by Gasteiger charge is -2.36. The Hall–Kier alpha value is -4.25. The molecule has 1 aliphatic rings. The van der Waals surface area contributed by atoms with E-state index in [1.807, 2.05) is 65.6 Å². The third kappa shape index (κ3) is 6.15. The van der Waals surface area contributed by atoms with Gasteiger partial charge in [0, 0.05) is 31.9 Å². The molecule has 0 saturated carbocycles. The summed E-state index contributed by atoms with van der Waals surface area (Å²) in [6, 6.07) is 23.3. The van der Waals surface area contributed by atoms with E-state index >= 15 is 0 Å². The Bertz CT molecular complexity index is 1520. The summed E-state index contributed by atoms with van der Waals surface area (Å²) >= 11 is 1.43. The van der Waals surface area contributed by atoms with Crippen molar-refractivity contribution in [2.45, 2.75) is 16.8 Å². The number of amides is 2. The van der Waals surface area contributed by atoms with E-state index < -0.39 is 17.8 Å². The summed E-state index contributed by atoms with van der Waals surface area (Å²) in [6.45, 7) is 1.32. The van der Waals surface area contributed by atoms with Crippen LogP contribution in [0.15, 0.2) is 101 Å². The van der Waals surface area contributed by atoms with Crippen molar-refractivity contribution in [1.82, 2.24) is 14.7 Å². The summed E-state index contributed by atoms with van der Waals surface area (Å²) in [5.41, 5.74) is 0.972. The molecular weight excluding hydrogens is 539 g/mol. The fourth-order valence-corrected chi connectivity index (χ4v) is 5.50. The lowest BCUT2D eigenvalue weighted by atomic mass is 10.1. The zero-order valence-corrected chi connectivity index (χ0v) is 22.2. The summed E-state index contributed by atoms with van der Waals surface area (Å²) in [4.78, 5) is 30.5. The molecule has 0 atom stereocenters. The molecule has 0 radical (unpaired) electrons. The number of carbonyl (C=O) groups is 1. The van der Waals surface area contributed by atoms with Crippen molar-refractivity contribution in [3.63, 3.8) is 0 Å². The maximum atomic E-state index is 13.6. The number of nitrogens with zero attached hydrogens (tertiary/aromatic N) is 4. The Kier molecular flexibility index (Phi) is 8.11. The molecular formula is C29H26F3N5O2S. The lowest BCUT2D eigenvalue weighted by molar-refractivity contribution is -0.136. The van der Waals surface area contributed by atoms with Crippen LogP contribution in [0.2, 0.25) is 0 Å². The third-order valence-electron chi connectivity index (χ3n) is 6.52. The first kappa shape index (κ1) is 27.3. The van der Waals surface area contributed by atoms with Crippen molar-refractivity contribution >= 4 is 29.2 Å². The first-order valence-corrected chi connectivity index (χ1v) is 13.6. The largest absolute Gasteiger partial charge is 0.418 e. The topological polar surface area (TPSA) is 70.5 Å². The Morgan fingerprint density at radius 1 is 0.875 bits per heavy atom. The first-order chi connectivity index (χ1) is 19.3. The van der Waals surface area contributed by atoms with Gasteiger partial charge in [0.1, 0.15) is 4.90 Å². The lowest BCUT2D eigenvalue weighted by Crippen LogP contribution is -2.50. The number of urea groups is 1. The van der Waals surface area contributed by atoms with Crippen molar-refractivity contribution in [2.24, 2.45) is 0 Å². The third-order valence-corrected chi connectivity index (χ3v) is 7.67. The monoisotopic (exact) mass is 565 g/mol. The number of halogens is 3.